The van der Waals surface area contributed by atoms with E-state index in [1.165, 1.54) is 18.2 Å². The normalized spacial score (nSPS) is 31.5. The Morgan fingerprint density at radius 2 is 1.32 bits per heavy atom. The molecule has 4 aliphatic carbocycles. The molecule has 0 N–H and O–H groups in total. The van der Waals surface area contributed by atoms with Crippen molar-refractivity contribution in [1.29, 1.82) is 0 Å². The van der Waals surface area contributed by atoms with E-state index in [0.29, 0.717) is 37.0 Å². The molecule has 1 aromatic carbocycles. The van der Waals surface area contributed by atoms with Crippen molar-refractivity contribution in [1.82, 2.24) is 0 Å². The average Bonchev–Trinajstić information content (AvgIpc) is 2.63. The van der Waals surface area contributed by atoms with E-state index in [1.54, 1.807) is 0 Å². The number of ether oxygens (including phenoxy) is 1. The van der Waals surface area contributed by atoms with E-state index in [0.717, 1.165) is 31.4 Å². The summed E-state index contributed by atoms with van der Waals surface area (Å²) in [4.78, 5) is 12.7. The largest absolute Gasteiger partial charge is 0.459 e. The Bertz CT molecular complexity index is 766. The van der Waals surface area contributed by atoms with Crippen molar-refractivity contribution in [3.05, 3.63) is 35.9 Å². The molecule has 0 saturated heterocycles. The highest BCUT2D eigenvalue weighted by Gasteiger charge is 2.76. The number of halogens is 7. The van der Waals surface area contributed by atoms with Gasteiger partial charge in [0, 0.05) is 5.92 Å². The monoisotopic (exact) mass is 452 g/mol. The molecule has 4 saturated carbocycles. The molecule has 0 radical (unpaired) electrons. The molecule has 31 heavy (non-hydrogen) atoms. The fourth-order valence-electron chi connectivity index (χ4n) is 6.34. The minimum absolute atomic E-state index is 0.356. The van der Waals surface area contributed by atoms with Crippen molar-refractivity contribution in [2.75, 3.05) is 0 Å². The second-order valence-electron chi connectivity index (χ2n) is 9.45. The number of hydrogen-bond donors (Lipinski definition) is 0. The van der Waals surface area contributed by atoms with E-state index < -0.39 is 47.5 Å². The van der Waals surface area contributed by atoms with Crippen LogP contribution in [0, 0.1) is 17.8 Å². The molecule has 1 atom stereocenters. The van der Waals surface area contributed by atoms with Crippen molar-refractivity contribution in [3.8, 4) is 0 Å². The Morgan fingerprint density at radius 3 is 1.74 bits per heavy atom. The Labute approximate surface area is 175 Å². The van der Waals surface area contributed by atoms with Gasteiger partial charge in [-0.3, -0.25) is 4.79 Å². The first-order valence-corrected chi connectivity index (χ1v) is 10.4. The summed E-state index contributed by atoms with van der Waals surface area (Å²) in [6.45, 7) is 0. The molecule has 5 rings (SSSR count). The molecule has 1 aromatic rings. The number of alkyl halides is 7. The lowest BCUT2D eigenvalue weighted by Crippen LogP contribution is -2.58. The molecule has 4 aliphatic rings. The van der Waals surface area contributed by atoms with E-state index in [-0.39, 0.29) is 0 Å². The first-order valence-electron chi connectivity index (χ1n) is 10.4. The Kier molecular flexibility index (Phi) is 5.33. The summed E-state index contributed by atoms with van der Waals surface area (Å²) in [6, 6.07) is 5.73. The van der Waals surface area contributed by atoms with Crippen LogP contribution >= 0.6 is 0 Å². The van der Waals surface area contributed by atoms with Gasteiger partial charge in [0.15, 0.2) is 0 Å². The third-order valence-electron chi connectivity index (χ3n) is 7.19. The summed E-state index contributed by atoms with van der Waals surface area (Å²) < 4.78 is 101. The van der Waals surface area contributed by atoms with E-state index in [4.69, 9.17) is 4.74 Å². The van der Waals surface area contributed by atoms with Gasteiger partial charge >= 0.3 is 24.0 Å². The van der Waals surface area contributed by atoms with Crippen LogP contribution in [-0.4, -0.2) is 29.6 Å². The molecule has 1 unspecified atom stereocenters. The SMILES string of the molecule is O=C(CC(c1ccccc1)C(F)(C(F)(F)F)C(F)(F)F)OC12CC3CC(CC(C3)C1)C2. The van der Waals surface area contributed by atoms with E-state index in [9.17, 15) is 35.5 Å². The van der Waals surface area contributed by atoms with Crippen molar-refractivity contribution in [2.45, 2.75) is 74.5 Å². The van der Waals surface area contributed by atoms with E-state index >= 15 is 0 Å². The standard InChI is InChI=1S/C22H23F7O2/c23-20(21(24,25)26,22(27,28)29)17(16-4-2-1-3-5-16)9-18(30)31-19-10-13-6-14(11-19)8-15(7-13)12-19/h1-5,13-15,17H,6-12H2. The van der Waals surface area contributed by atoms with Crippen LogP contribution < -0.4 is 0 Å². The summed E-state index contributed by atoms with van der Waals surface area (Å²) in [5.74, 6) is -2.94. The van der Waals surface area contributed by atoms with E-state index in [1.807, 2.05) is 0 Å². The minimum Gasteiger partial charge on any atom is -0.459 e. The third kappa shape index (κ3) is 3.93. The van der Waals surface area contributed by atoms with Gasteiger partial charge in [0.1, 0.15) is 5.60 Å². The zero-order valence-corrected chi connectivity index (χ0v) is 16.6. The molecule has 0 aliphatic heterocycles. The molecule has 4 fully saturated rings. The molecule has 0 aromatic heterocycles. The summed E-state index contributed by atoms with van der Waals surface area (Å²) >= 11 is 0. The lowest BCUT2D eigenvalue weighted by atomic mass is 9.54. The molecule has 2 nitrogen and oxygen atoms in total. The van der Waals surface area contributed by atoms with Crippen LogP contribution in [0.4, 0.5) is 30.7 Å². The lowest BCUT2D eigenvalue weighted by Gasteiger charge is -2.55. The predicted molar refractivity (Wildman–Crippen MR) is 96.7 cm³/mol. The fraction of sp³-hybridized carbons (Fsp3) is 0.682. The maximum absolute atomic E-state index is 15.0. The Hall–Kier alpha value is -1.80. The van der Waals surface area contributed by atoms with Crippen LogP contribution in [0.2, 0.25) is 0 Å². The van der Waals surface area contributed by atoms with Crippen LogP contribution in [0.25, 0.3) is 0 Å². The van der Waals surface area contributed by atoms with Gasteiger partial charge in [-0.15, -0.1) is 0 Å². The molecule has 4 bridgehead atoms. The summed E-state index contributed by atoms with van der Waals surface area (Å²) in [5, 5.41) is 0. The maximum Gasteiger partial charge on any atom is 0.432 e. The van der Waals surface area contributed by atoms with Gasteiger partial charge in [-0.25, -0.2) is 4.39 Å². The number of hydrogen-bond acceptors (Lipinski definition) is 2. The molecular formula is C22H23F7O2. The maximum atomic E-state index is 15.0. The second kappa shape index (κ2) is 7.37. The number of carbonyl (C=O) groups is 1. The zero-order chi connectivity index (χ0) is 22.7. The predicted octanol–water partition coefficient (Wildman–Crippen LogP) is 6.51. The highest BCUT2D eigenvalue weighted by atomic mass is 19.4. The number of esters is 1. The number of carbonyl (C=O) groups excluding carboxylic acids is 1. The van der Waals surface area contributed by atoms with Crippen molar-refractivity contribution in [2.24, 2.45) is 17.8 Å². The second-order valence-corrected chi connectivity index (χ2v) is 9.45. The first kappa shape index (κ1) is 22.4. The smallest absolute Gasteiger partial charge is 0.432 e. The van der Waals surface area contributed by atoms with Gasteiger partial charge < -0.3 is 4.74 Å². The van der Waals surface area contributed by atoms with Crippen LogP contribution in [0.1, 0.15) is 56.4 Å². The molecule has 9 heteroatoms. The molecular weight excluding hydrogens is 429 g/mol. The molecule has 0 amide bonds. The molecule has 0 spiro atoms. The number of rotatable bonds is 5. The highest BCUT2D eigenvalue weighted by molar-refractivity contribution is 5.71. The van der Waals surface area contributed by atoms with Gasteiger partial charge in [0.05, 0.1) is 6.42 Å². The van der Waals surface area contributed by atoms with E-state index in [2.05, 4.69) is 0 Å². The summed E-state index contributed by atoms with van der Waals surface area (Å²) in [7, 11) is 0. The van der Waals surface area contributed by atoms with Gasteiger partial charge in [-0.2, -0.15) is 26.3 Å². The Morgan fingerprint density at radius 1 is 0.871 bits per heavy atom. The van der Waals surface area contributed by atoms with Gasteiger partial charge in [0.25, 0.3) is 0 Å². The molecule has 172 valence electrons. The average molecular weight is 452 g/mol. The zero-order valence-electron chi connectivity index (χ0n) is 16.6. The van der Waals surface area contributed by atoms with Crippen LogP contribution in [0.15, 0.2) is 30.3 Å². The van der Waals surface area contributed by atoms with Crippen LogP contribution in [0.5, 0.6) is 0 Å². The Balaban J connectivity index is 1.62. The summed E-state index contributed by atoms with van der Waals surface area (Å²) in [5.41, 5.74) is -6.98. The lowest BCUT2D eigenvalue weighted by molar-refractivity contribution is -0.349. The minimum atomic E-state index is -6.26. The number of benzene rings is 1. The van der Waals surface area contributed by atoms with Gasteiger partial charge in [-0.05, 0) is 61.8 Å². The highest BCUT2D eigenvalue weighted by Crippen LogP contribution is 2.58. The van der Waals surface area contributed by atoms with Crippen LogP contribution in [0.3, 0.4) is 0 Å². The topological polar surface area (TPSA) is 26.3 Å². The van der Waals surface area contributed by atoms with Gasteiger partial charge in [-0.1, -0.05) is 30.3 Å². The quantitative estimate of drug-likeness (QED) is 0.376. The van der Waals surface area contributed by atoms with Crippen molar-refractivity contribution >= 4 is 5.97 Å². The third-order valence-corrected chi connectivity index (χ3v) is 7.19. The van der Waals surface area contributed by atoms with Crippen molar-refractivity contribution in [3.63, 3.8) is 0 Å². The summed E-state index contributed by atoms with van der Waals surface area (Å²) in [6.07, 6.45) is -9.11. The first-order chi connectivity index (χ1) is 14.3. The van der Waals surface area contributed by atoms with Crippen molar-refractivity contribution < 1.29 is 40.3 Å². The fourth-order valence-corrected chi connectivity index (χ4v) is 6.34. The van der Waals surface area contributed by atoms with Gasteiger partial charge in [0.2, 0.25) is 0 Å². The van der Waals surface area contributed by atoms with Crippen LogP contribution in [-0.2, 0) is 9.53 Å². The molecule has 0 heterocycles.